The highest BCUT2D eigenvalue weighted by atomic mass is 32.2. The predicted molar refractivity (Wildman–Crippen MR) is 227 cm³/mol. The van der Waals surface area contributed by atoms with Crippen molar-refractivity contribution in [3.05, 3.63) is 197 Å². The maximum Gasteiger partial charge on any atom is 0.133 e. The molecule has 3 heteroatoms. The van der Waals surface area contributed by atoms with Crippen LogP contribution in [0.3, 0.4) is 0 Å². The highest BCUT2D eigenvalue weighted by Gasteiger charge is 2.50. The Hall–Kier alpha value is -5.64. The van der Waals surface area contributed by atoms with Gasteiger partial charge in [-0.15, -0.1) is 0 Å². The fourth-order valence-corrected chi connectivity index (χ4v) is 11.2. The molecular formula is C51H40N2S. The van der Waals surface area contributed by atoms with E-state index in [1.807, 2.05) is 11.8 Å². The Balaban J connectivity index is 1.01. The molecule has 2 aliphatic heterocycles. The summed E-state index contributed by atoms with van der Waals surface area (Å²) < 4.78 is 0. The number of hydrogen-bond acceptors (Lipinski definition) is 3. The normalized spacial score (nSPS) is 22.0. The van der Waals surface area contributed by atoms with Crippen LogP contribution in [0.2, 0.25) is 0 Å². The standard InChI is InChI=1S/C51H40N2S/c1-51(2)42-30-38(47-49-48(41-18-10-11-19-44(41)54-49)53-50(52-47)34-13-4-3-5-14-34)26-27-40(42)46-43(51)29-37-16-8-9-17-39(37)45(46)33-23-20-32(21-24-33)36-25-22-31-12-6-7-15-35(31)28-36/h3-29,38,40,42,48H,30H2,1-2H3,(H,52,53). The summed E-state index contributed by atoms with van der Waals surface area (Å²) in [6.07, 6.45) is 6.17. The highest BCUT2D eigenvalue weighted by molar-refractivity contribution is 8.03. The zero-order valence-corrected chi connectivity index (χ0v) is 31.3. The molecule has 0 amide bonds. The first kappa shape index (κ1) is 31.8. The SMILES string of the molecule is CC1(C)c2cc3ccccc3c(-c3ccc(-c4ccc5ccccc5c4)cc3)c2C2C=CC(C3=C4Sc5ccccc5C4N=C(c4ccccc4)N3)CC21. The van der Waals surface area contributed by atoms with Crippen molar-refractivity contribution in [3.63, 3.8) is 0 Å². The number of nitrogens with one attached hydrogen (secondary N) is 1. The van der Waals surface area contributed by atoms with Crippen molar-refractivity contribution in [2.24, 2.45) is 16.8 Å². The Morgan fingerprint density at radius 2 is 1.33 bits per heavy atom. The number of aliphatic imine (C=N–C) groups is 1. The van der Waals surface area contributed by atoms with Crippen molar-refractivity contribution in [1.82, 2.24) is 5.32 Å². The number of rotatable bonds is 4. The lowest BCUT2D eigenvalue weighted by atomic mass is 9.68. The van der Waals surface area contributed by atoms with E-state index in [0.717, 1.165) is 17.8 Å². The van der Waals surface area contributed by atoms with Gasteiger partial charge in [0.15, 0.2) is 0 Å². The summed E-state index contributed by atoms with van der Waals surface area (Å²) in [5.41, 5.74) is 12.0. The minimum absolute atomic E-state index is 0.00570. The monoisotopic (exact) mass is 712 g/mol. The molecule has 0 saturated carbocycles. The molecule has 0 bridgehead atoms. The minimum Gasteiger partial charge on any atom is -0.342 e. The van der Waals surface area contributed by atoms with Crippen LogP contribution in [0.15, 0.2) is 184 Å². The number of allylic oxidation sites excluding steroid dienone is 2. The summed E-state index contributed by atoms with van der Waals surface area (Å²) in [4.78, 5) is 8.03. The van der Waals surface area contributed by atoms with Crippen LogP contribution in [0.4, 0.5) is 0 Å². The Morgan fingerprint density at radius 3 is 2.19 bits per heavy atom. The summed E-state index contributed by atoms with van der Waals surface area (Å²) >= 11 is 1.91. The van der Waals surface area contributed by atoms with E-state index in [9.17, 15) is 0 Å². The fraction of sp³-hybridized carbons (Fsp3) is 0.157. The molecule has 260 valence electrons. The van der Waals surface area contributed by atoms with E-state index in [2.05, 4.69) is 183 Å². The van der Waals surface area contributed by atoms with Crippen LogP contribution < -0.4 is 5.32 Å². The quantitative estimate of drug-likeness (QED) is 0.184. The van der Waals surface area contributed by atoms with Gasteiger partial charge in [-0.2, -0.15) is 0 Å². The molecule has 11 rings (SSSR count). The van der Waals surface area contributed by atoms with Gasteiger partial charge in [-0.3, -0.25) is 4.99 Å². The first-order valence-corrected chi connectivity index (χ1v) is 20.1. The number of nitrogens with zero attached hydrogens (tertiary/aromatic N) is 1. The second kappa shape index (κ2) is 12.2. The van der Waals surface area contributed by atoms with Gasteiger partial charge in [0.1, 0.15) is 11.9 Å². The van der Waals surface area contributed by atoms with E-state index >= 15 is 0 Å². The molecule has 0 radical (unpaired) electrons. The van der Waals surface area contributed by atoms with Crippen molar-refractivity contribution >= 4 is 39.1 Å². The Kier molecular flexibility index (Phi) is 7.19. The summed E-state index contributed by atoms with van der Waals surface area (Å²) in [5.74, 6) is 2.04. The highest BCUT2D eigenvalue weighted by Crippen LogP contribution is 2.61. The smallest absolute Gasteiger partial charge is 0.133 e. The molecule has 0 aromatic heterocycles. The zero-order chi connectivity index (χ0) is 36.0. The third-order valence-electron chi connectivity index (χ3n) is 12.7. The van der Waals surface area contributed by atoms with Crippen molar-refractivity contribution in [3.8, 4) is 22.3 Å². The molecule has 2 heterocycles. The molecule has 0 saturated heterocycles. The van der Waals surface area contributed by atoms with E-state index in [-0.39, 0.29) is 17.4 Å². The van der Waals surface area contributed by atoms with Crippen molar-refractivity contribution in [1.29, 1.82) is 0 Å². The molecule has 4 aliphatic rings. The number of thioether (sulfide) groups is 1. The molecule has 7 aromatic carbocycles. The van der Waals surface area contributed by atoms with Gasteiger partial charge < -0.3 is 5.32 Å². The largest absolute Gasteiger partial charge is 0.342 e. The third-order valence-corrected chi connectivity index (χ3v) is 13.9. The molecule has 54 heavy (non-hydrogen) atoms. The summed E-state index contributed by atoms with van der Waals surface area (Å²) in [6, 6.07) is 55.8. The number of hydrogen-bond donors (Lipinski definition) is 1. The average Bonchev–Trinajstić information content (AvgIpc) is 3.71. The molecule has 0 fully saturated rings. The zero-order valence-electron chi connectivity index (χ0n) is 30.5. The van der Waals surface area contributed by atoms with Crippen LogP contribution >= 0.6 is 11.8 Å². The molecule has 2 aliphatic carbocycles. The van der Waals surface area contributed by atoms with E-state index in [1.54, 1.807) is 0 Å². The Bertz CT molecular complexity index is 2740. The molecule has 4 atom stereocenters. The van der Waals surface area contributed by atoms with Gasteiger partial charge >= 0.3 is 0 Å². The van der Waals surface area contributed by atoms with E-state index < -0.39 is 0 Å². The van der Waals surface area contributed by atoms with Crippen molar-refractivity contribution in [2.45, 2.75) is 42.5 Å². The number of benzene rings is 7. The van der Waals surface area contributed by atoms with Gasteiger partial charge in [-0.05, 0) is 90.4 Å². The number of fused-ring (bicyclic) bond motifs is 8. The Morgan fingerprint density at radius 1 is 0.630 bits per heavy atom. The first-order chi connectivity index (χ1) is 26.5. The van der Waals surface area contributed by atoms with E-state index in [4.69, 9.17) is 4.99 Å². The topological polar surface area (TPSA) is 24.4 Å². The maximum atomic E-state index is 5.35. The number of amidine groups is 1. The van der Waals surface area contributed by atoms with Gasteiger partial charge in [0.05, 0.1) is 0 Å². The van der Waals surface area contributed by atoms with Gasteiger partial charge in [-0.1, -0.05) is 177 Å². The van der Waals surface area contributed by atoms with Crippen LogP contribution in [0.1, 0.15) is 54.5 Å². The molecule has 1 N–H and O–H groups in total. The van der Waals surface area contributed by atoms with E-state index in [1.165, 1.54) is 76.0 Å². The van der Waals surface area contributed by atoms with Gasteiger partial charge in [-0.25, -0.2) is 0 Å². The summed E-state index contributed by atoms with van der Waals surface area (Å²) in [7, 11) is 0. The van der Waals surface area contributed by atoms with Gasteiger partial charge in [0.2, 0.25) is 0 Å². The second-order valence-corrected chi connectivity index (χ2v) is 17.0. The molecule has 4 unspecified atom stereocenters. The summed E-state index contributed by atoms with van der Waals surface area (Å²) in [6.45, 7) is 5.00. The van der Waals surface area contributed by atoms with Crippen LogP contribution in [-0.4, -0.2) is 5.84 Å². The predicted octanol–water partition coefficient (Wildman–Crippen LogP) is 13.0. The van der Waals surface area contributed by atoms with Crippen LogP contribution in [-0.2, 0) is 5.41 Å². The molecular weight excluding hydrogens is 673 g/mol. The maximum absolute atomic E-state index is 5.35. The fourth-order valence-electron chi connectivity index (χ4n) is 9.91. The third kappa shape index (κ3) is 4.91. The van der Waals surface area contributed by atoms with Crippen LogP contribution in [0, 0.1) is 11.8 Å². The van der Waals surface area contributed by atoms with Crippen molar-refractivity contribution in [2.75, 3.05) is 0 Å². The first-order valence-electron chi connectivity index (χ1n) is 19.3. The van der Waals surface area contributed by atoms with Crippen LogP contribution in [0.25, 0.3) is 43.8 Å². The van der Waals surface area contributed by atoms with Gasteiger partial charge in [0.25, 0.3) is 0 Å². The summed E-state index contributed by atoms with van der Waals surface area (Å²) in [5, 5.41) is 9.14. The lowest BCUT2D eigenvalue weighted by Crippen LogP contribution is -2.36. The lowest BCUT2D eigenvalue weighted by molar-refractivity contribution is 0.275. The molecule has 7 aromatic rings. The van der Waals surface area contributed by atoms with Crippen LogP contribution in [0.5, 0.6) is 0 Å². The van der Waals surface area contributed by atoms with Gasteiger partial charge in [0, 0.05) is 32.9 Å². The lowest BCUT2D eigenvalue weighted by Gasteiger charge is -2.38. The molecule has 0 spiro atoms. The average molecular weight is 713 g/mol. The van der Waals surface area contributed by atoms with E-state index in [0.29, 0.717) is 11.8 Å². The Labute approximate surface area is 321 Å². The minimum atomic E-state index is -0.00570. The molecule has 2 nitrogen and oxygen atoms in total. The van der Waals surface area contributed by atoms with Crippen molar-refractivity contribution < 1.29 is 0 Å². The second-order valence-electron chi connectivity index (χ2n) is 15.9.